The summed E-state index contributed by atoms with van der Waals surface area (Å²) in [5.74, 6) is 0.0939. The van der Waals surface area contributed by atoms with Gasteiger partial charge in [0.1, 0.15) is 0 Å². The van der Waals surface area contributed by atoms with Crippen LogP contribution in [0.1, 0.15) is 53.9 Å². The lowest BCUT2D eigenvalue weighted by Crippen LogP contribution is -2.18. The lowest BCUT2D eigenvalue weighted by Gasteiger charge is -2.12. The highest BCUT2D eigenvalue weighted by atomic mass is 32.2. The number of ether oxygens (including phenoxy) is 1. The van der Waals surface area contributed by atoms with E-state index in [-0.39, 0.29) is 16.1 Å². The highest BCUT2D eigenvalue weighted by Crippen LogP contribution is 2.31. The lowest BCUT2D eigenvalue weighted by atomic mass is 10.2. The highest BCUT2D eigenvalue weighted by molar-refractivity contribution is 7.92. The number of aromatic nitrogens is 1. The molecule has 2 N–H and O–H groups in total. The minimum absolute atomic E-state index is 0.126. The second-order valence-electron chi connectivity index (χ2n) is 7.56. The van der Waals surface area contributed by atoms with E-state index in [0.717, 1.165) is 36.1 Å². The Morgan fingerprint density at radius 3 is 2.48 bits per heavy atom. The first-order valence-electron chi connectivity index (χ1n) is 11.0. The maximum atomic E-state index is 13.0. The molecule has 0 fully saturated rings. The van der Waals surface area contributed by atoms with Gasteiger partial charge in [-0.05, 0) is 51.0 Å². The summed E-state index contributed by atoms with van der Waals surface area (Å²) in [6.07, 6.45) is 4.08. The third-order valence-corrected chi connectivity index (χ3v) is 7.31. The van der Waals surface area contributed by atoms with Gasteiger partial charge in [0.2, 0.25) is 5.88 Å². The third kappa shape index (κ3) is 6.55. The van der Waals surface area contributed by atoms with Crippen LogP contribution < -0.4 is 14.8 Å². The molecule has 0 saturated carbocycles. The van der Waals surface area contributed by atoms with Crippen LogP contribution in [0.25, 0.3) is 0 Å². The van der Waals surface area contributed by atoms with Crippen LogP contribution in [0, 0.1) is 6.92 Å². The summed E-state index contributed by atoms with van der Waals surface area (Å²) >= 11 is 1.38. The van der Waals surface area contributed by atoms with Crippen LogP contribution >= 0.6 is 11.3 Å². The van der Waals surface area contributed by atoms with Crippen molar-refractivity contribution in [3.8, 4) is 5.88 Å². The van der Waals surface area contributed by atoms with Gasteiger partial charge in [0.15, 0.2) is 5.13 Å². The fourth-order valence-corrected chi connectivity index (χ4v) is 5.21. The van der Waals surface area contributed by atoms with Crippen LogP contribution in [-0.4, -0.2) is 25.9 Å². The Bertz CT molecular complexity index is 1190. The number of hydrogen-bond donors (Lipinski definition) is 2. The number of hydrogen-bond acceptors (Lipinski definition) is 6. The van der Waals surface area contributed by atoms with E-state index in [0.29, 0.717) is 17.6 Å². The average Bonchev–Trinajstić information content (AvgIpc) is 3.15. The van der Waals surface area contributed by atoms with Crippen molar-refractivity contribution in [2.75, 3.05) is 16.6 Å². The van der Waals surface area contributed by atoms with Crippen LogP contribution in [0.5, 0.6) is 5.88 Å². The number of carbonyl (C=O) groups excluding carboxylic acids is 1. The lowest BCUT2D eigenvalue weighted by molar-refractivity contribution is 0.102. The van der Waals surface area contributed by atoms with Crippen molar-refractivity contribution in [1.82, 2.24) is 4.98 Å². The normalized spacial score (nSPS) is 11.2. The fourth-order valence-electron chi connectivity index (χ4n) is 3.19. The zero-order valence-electron chi connectivity index (χ0n) is 19.1. The van der Waals surface area contributed by atoms with Gasteiger partial charge in [0.05, 0.1) is 27.6 Å². The number of nitrogens with zero attached hydrogens (tertiary/aromatic N) is 1. The van der Waals surface area contributed by atoms with E-state index >= 15 is 0 Å². The number of sulfonamides is 1. The summed E-state index contributed by atoms with van der Waals surface area (Å²) < 4.78 is 33.8. The molecule has 7 nitrogen and oxygen atoms in total. The Hall–Kier alpha value is -2.91. The van der Waals surface area contributed by atoms with Gasteiger partial charge in [0.25, 0.3) is 15.9 Å². The Balaban J connectivity index is 1.80. The largest absolute Gasteiger partial charge is 0.477 e. The topological polar surface area (TPSA) is 97.4 Å². The van der Waals surface area contributed by atoms with Crippen molar-refractivity contribution < 1.29 is 17.9 Å². The number of unbranched alkanes of at least 4 members (excludes halogenated alkanes) is 2. The Labute approximate surface area is 199 Å². The van der Waals surface area contributed by atoms with Crippen LogP contribution in [0.4, 0.5) is 10.8 Å². The monoisotopic (exact) mass is 487 g/mol. The first-order valence-corrected chi connectivity index (χ1v) is 13.3. The number of carbonyl (C=O) groups is 1. The van der Waals surface area contributed by atoms with Crippen LogP contribution in [-0.2, 0) is 16.4 Å². The van der Waals surface area contributed by atoms with Crippen molar-refractivity contribution in [3.63, 3.8) is 0 Å². The molecule has 0 aliphatic heterocycles. The maximum Gasteiger partial charge on any atom is 0.261 e. The molecule has 9 heteroatoms. The number of nitrogens with one attached hydrogen (secondary N) is 2. The Morgan fingerprint density at radius 2 is 1.79 bits per heavy atom. The van der Waals surface area contributed by atoms with Gasteiger partial charge < -0.3 is 4.74 Å². The summed E-state index contributed by atoms with van der Waals surface area (Å²) in [6, 6.07) is 13.0. The van der Waals surface area contributed by atoms with Gasteiger partial charge in [-0.15, -0.1) is 0 Å². The molecular weight excluding hydrogens is 458 g/mol. The molecular formula is C24H29N3O4S2. The number of anilines is 2. The molecule has 0 radical (unpaired) electrons. The molecule has 1 heterocycles. The predicted molar refractivity (Wildman–Crippen MR) is 133 cm³/mol. The van der Waals surface area contributed by atoms with E-state index in [1.54, 1.807) is 36.4 Å². The summed E-state index contributed by atoms with van der Waals surface area (Å²) in [4.78, 5) is 18.6. The molecule has 33 heavy (non-hydrogen) atoms. The Morgan fingerprint density at radius 1 is 1.06 bits per heavy atom. The number of rotatable bonds is 11. The molecule has 0 bridgehead atoms. The first kappa shape index (κ1) is 24.7. The first-order chi connectivity index (χ1) is 15.8. The number of thiazole rings is 1. The molecule has 0 spiro atoms. The van der Waals surface area contributed by atoms with Gasteiger partial charge in [-0.2, -0.15) is 4.98 Å². The summed E-state index contributed by atoms with van der Waals surface area (Å²) in [6.45, 7) is 6.41. The molecule has 0 unspecified atom stereocenters. The van der Waals surface area contributed by atoms with Gasteiger partial charge >= 0.3 is 0 Å². The van der Waals surface area contributed by atoms with E-state index in [4.69, 9.17) is 4.74 Å². The molecule has 1 aromatic heterocycles. The number of benzene rings is 2. The maximum absolute atomic E-state index is 13.0. The van der Waals surface area contributed by atoms with E-state index in [2.05, 4.69) is 21.9 Å². The molecule has 0 aliphatic rings. The smallest absolute Gasteiger partial charge is 0.261 e. The molecule has 2 aromatic carbocycles. The standard InChI is InChI=1S/C24H29N3O4S2/c1-4-6-7-12-21-23(31-5-2)26-24(32-21)25-22(28)19-10-8-9-11-20(19)27-33(29,30)18-15-13-17(3)14-16-18/h8-11,13-16,27H,4-7,12H2,1-3H3,(H,25,26,28). The van der Waals surface area contributed by atoms with Gasteiger partial charge in [-0.1, -0.05) is 60.9 Å². The van der Waals surface area contributed by atoms with Crippen molar-refractivity contribution in [2.24, 2.45) is 0 Å². The van der Waals surface area contributed by atoms with Crippen molar-refractivity contribution >= 4 is 38.1 Å². The number of aryl methyl sites for hydroxylation is 2. The molecule has 0 atom stereocenters. The van der Waals surface area contributed by atoms with E-state index in [1.165, 1.54) is 23.5 Å². The number of para-hydroxylation sites is 1. The molecule has 3 aromatic rings. The van der Waals surface area contributed by atoms with Gasteiger partial charge in [-0.3, -0.25) is 14.8 Å². The molecule has 176 valence electrons. The second-order valence-corrected chi connectivity index (χ2v) is 10.3. The van der Waals surface area contributed by atoms with Crippen molar-refractivity contribution in [2.45, 2.75) is 51.3 Å². The van der Waals surface area contributed by atoms with Crippen LogP contribution in [0.2, 0.25) is 0 Å². The minimum atomic E-state index is -3.84. The highest BCUT2D eigenvalue weighted by Gasteiger charge is 2.20. The predicted octanol–water partition coefficient (Wildman–Crippen LogP) is 5.64. The van der Waals surface area contributed by atoms with E-state index in [1.807, 2.05) is 13.8 Å². The van der Waals surface area contributed by atoms with Crippen molar-refractivity contribution in [1.29, 1.82) is 0 Å². The fraction of sp³-hybridized carbons (Fsp3) is 0.333. The SMILES string of the molecule is CCCCCc1sc(NC(=O)c2ccccc2NS(=O)(=O)c2ccc(C)cc2)nc1OCC. The number of amides is 1. The van der Waals surface area contributed by atoms with Gasteiger partial charge in [0, 0.05) is 0 Å². The average molecular weight is 488 g/mol. The van der Waals surface area contributed by atoms with Crippen LogP contribution in [0.3, 0.4) is 0 Å². The summed E-state index contributed by atoms with van der Waals surface area (Å²) in [5.41, 5.74) is 1.35. The zero-order valence-corrected chi connectivity index (χ0v) is 20.7. The third-order valence-electron chi connectivity index (χ3n) is 4.92. The summed E-state index contributed by atoms with van der Waals surface area (Å²) in [5, 5.41) is 3.22. The summed E-state index contributed by atoms with van der Waals surface area (Å²) in [7, 11) is -3.84. The molecule has 3 rings (SSSR count). The van der Waals surface area contributed by atoms with Gasteiger partial charge in [-0.25, -0.2) is 8.42 Å². The zero-order chi connectivity index (χ0) is 23.8. The molecule has 0 aliphatic carbocycles. The minimum Gasteiger partial charge on any atom is -0.477 e. The van der Waals surface area contributed by atoms with Crippen LogP contribution in [0.15, 0.2) is 53.4 Å². The van der Waals surface area contributed by atoms with E-state index in [9.17, 15) is 13.2 Å². The molecule has 1 amide bonds. The van der Waals surface area contributed by atoms with E-state index < -0.39 is 15.9 Å². The van der Waals surface area contributed by atoms with Crippen molar-refractivity contribution in [3.05, 3.63) is 64.5 Å². The molecule has 0 saturated heterocycles. The second kappa shape index (κ2) is 11.3. The Kier molecular flexibility index (Phi) is 8.46. The quantitative estimate of drug-likeness (QED) is 0.341.